The normalized spacial score (nSPS) is 13.1. The molecule has 1 heterocycles. The van der Waals surface area contributed by atoms with Crippen molar-refractivity contribution in [2.75, 3.05) is 38.2 Å². The van der Waals surface area contributed by atoms with Crippen LogP contribution in [0.5, 0.6) is 17.2 Å². The number of hydrogen-bond donors (Lipinski definition) is 1. The highest BCUT2D eigenvalue weighted by molar-refractivity contribution is 7.89. The highest BCUT2D eigenvalue weighted by Crippen LogP contribution is 2.32. The van der Waals surface area contributed by atoms with E-state index >= 15 is 0 Å². The highest BCUT2D eigenvalue weighted by atomic mass is 32.2. The summed E-state index contributed by atoms with van der Waals surface area (Å²) in [5, 5.41) is 2.75. The lowest BCUT2D eigenvalue weighted by atomic mass is 10.2. The lowest BCUT2D eigenvalue weighted by Crippen LogP contribution is -2.38. The molecule has 1 aliphatic rings. The Morgan fingerprint density at radius 3 is 2.45 bits per heavy atom. The first-order valence-corrected chi connectivity index (χ1v) is 11.8. The molecule has 0 bridgehead atoms. The molecular formula is C22H28N2O6S. The summed E-state index contributed by atoms with van der Waals surface area (Å²) in [5.41, 5.74) is 0.517. The van der Waals surface area contributed by atoms with Gasteiger partial charge in [0, 0.05) is 18.3 Å². The summed E-state index contributed by atoms with van der Waals surface area (Å²) >= 11 is 0. The molecule has 31 heavy (non-hydrogen) atoms. The third-order valence-electron chi connectivity index (χ3n) is 4.68. The number of carbonyl (C=O) groups excluding carboxylic acids is 1. The second kappa shape index (κ2) is 10.5. The highest BCUT2D eigenvalue weighted by Gasteiger charge is 2.26. The fraction of sp³-hybridized carbons (Fsp3) is 0.409. The van der Waals surface area contributed by atoms with Crippen LogP contribution in [0.1, 0.15) is 26.7 Å². The molecule has 0 saturated carbocycles. The maximum absolute atomic E-state index is 13.2. The molecular weight excluding hydrogens is 420 g/mol. The van der Waals surface area contributed by atoms with E-state index in [1.54, 1.807) is 30.3 Å². The first-order chi connectivity index (χ1) is 14.9. The smallest absolute Gasteiger partial charge is 0.243 e. The van der Waals surface area contributed by atoms with Crippen molar-refractivity contribution >= 4 is 21.6 Å². The molecule has 0 fully saturated rings. The molecule has 2 aromatic rings. The summed E-state index contributed by atoms with van der Waals surface area (Å²) in [5.74, 6) is 1.33. The zero-order valence-electron chi connectivity index (χ0n) is 17.8. The topological polar surface area (TPSA) is 94.2 Å². The number of hydrogen-bond acceptors (Lipinski definition) is 6. The molecule has 0 aromatic heterocycles. The van der Waals surface area contributed by atoms with E-state index in [1.807, 2.05) is 13.8 Å². The molecule has 0 saturated heterocycles. The summed E-state index contributed by atoms with van der Waals surface area (Å²) in [6.45, 7) is 5.21. The number of amides is 1. The van der Waals surface area contributed by atoms with Crippen molar-refractivity contribution in [1.82, 2.24) is 4.31 Å². The Balaban J connectivity index is 1.73. The van der Waals surface area contributed by atoms with Crippen LogP contribution in [0, 0.1) is 0 Å². The lowest BCUT2D eigenvalue weighted by Gasteiger charge is -2.22. The minimum Gasteiger partial charge on any atom is -0.494 e. The fourth-order valence-electron chi connectivity index (χ4n) is 3.12. The first kappa shape index (κ1) is 22.9. The molecule has 1 amide bonds. The molecule has 1 aliphatic heterocycles. The van der Waals surface area contributed by atoms with E-state index in [0.29, 0.717) is 49.2 Å². The zero-order chi connectivity index (χ0) is 22.3. The SMILES string of the molecule is CCCCN(CC(=O)Nc1ccc2c(c1)OCCO2)S(=O)(=O)c1ccc(OCC)cc1. The number of unbranched alkanes of at least 4 members (excludes halogenated alkanes) is 1. The fourth-order valence-corrected chi connectivity index (χ4v) is 4.56. The molecule has 9 heteroatoms. The largest absolute Gasteiger partial charge is 0.494 e. The number of anilines is 1. The zero-order valence-corrected chi connectivity index (χ0v) is 18.6. The molecule has 8 nitrogen and oxygen atoms in total. The van der Waals surface area contributed by atoms with Crippen molar-refractivity contribution in [3.8, 4) is 17.2 Å². The van der Waals surface area contributed by atoms with Crippen LogP contribution in [-0.4, -0.2) is 51.5 Å². The lowest BCUT2D eigenvalue weighted by molar-refractivity contribution is -0.116. The van der Waals surface area contributed by atoms with Crippen molar-refractivity contribution in [1.29, 1.82) is 0 Å². The van der Waals surface area contributed by atoms with Gasteiger partial charge in [-0.2, -0.15) is 4.31 Å². The summed E-state index contributed by atoms with van der Waals surface area (Å²) < 4.78 is 43.9. The number of sulfonamides is 1. The van der Waals surface area contributed by atoms with E-state index in [9.17, 15) is 13.2 Å². The van der Waals surface area contributed by atoms with Gasteiger partial charge in [-0.15, -0.1) is 0 Å². The maximum Gasteiger partial charge on any atom is 0.243 e. The predicted octanol–water partition coefficient (Wildman–Crippen LogP) is 3.29. The van der Waals surface area contributed by atoms with E-state index in [0.717, 1.165) is 6.42 Å². The third kappa shape index (κ3) is 5.89. The summed E-state index contributed by atoms with van der Waals surface area (Å²) in [4.78, 5) is 12.8. The van der Waals surface area contributed by atoms with Gasteiger partial charge in [0.2, 0.25) is 15.9 Å². The minimum absolute atomic E-state index is 0.124. The van der Waals surface area contributed by atoms with E-state index in [1.165, 1.54) is 16.4 Å². The number of nitrogens with zero attached hydrogens (tertiary/aromatic N) is 1. The summed E-state index contributed by atoms with van der Waals surface area (Å²) in [6, 6.07) is 11.3. The van der Waals surface area contributed by atoms with Crippen molar-refractivity contribution in [2.45, 2.75) is 31.6 Å². The van der Waals surface area contributed by atoms with Gasteiger partial charge in [-0.3, -0.25) is 4.79 Å². The second-order valence-corrected chi connectivity index (χ2v) is 8.94. The molecule has 2 aromatic carbocycles. The number of nitrogens with one attached hydrogen (secondary N) is 1. The Labute approximate surface area is 183 Å². The Bertz CT molecular complexity index is 992. The van der Waals surface area contributed by atoms with E-state index in [2.05, 4.69) is 5.32 Å². The van der Waals surface area contributed by atoms with Gasteiger partial charge in [0.05, 0.1) is 18.0 Å². The van der Waals surface area contributed by atoms with E-state index in [-0.39, 0.29) is 18.0 Å². The van der Waals surface area contributed by atoms with Crippen LogP contribution in [0.2, 0.25) is 0 Å². The number of rotatable bonds is 10. The van der Waals surface area contributed by atoms with Crippen LogP contribution in [0.3, 0.4) is 0 Å². The van der Waals surface area contributed by atoms with Crippen molar-refractivity contribution < 1.29 is 27.4 Å². The minimum atomic E-state index is -3.83. The summed E-state index contributed by atoms with van der Waals surface area (Å²) in [6.07, 6.45) is 1.45. The van der Waals surface area contributed by atoms with Crippen molar-refractivity contribution in [3.05, 3.63) is 42.5 Å². The number of fused-ring (bicyclic) bond motifs is 1. The molecule has 0 spiro atoms. The van der Waals surface area contributed by atoms with Crippen LogP contribution < -0.4 is 19.5 Å². The Morgan fingerprint density at radius 2 is 1.77 bits per heavy atom. The second-order valence-electron chi connectivity index (χ2n) is 7.00. The van der Waals surface area contributed by atoms with Gasteiger partial charge in [0.1, 0.15) is 19.0 Å². The molecule has 1 N–H and O–H groups in total. The number of carbonyl (C=O) groups is 1. The van der Waals surface area contributed by atoms with Crippen molar-refractivity contribution in [2.24, 2.45) is 0 Å². The van der Waals surface area contributed by atoms with Gasteiger partial charge in [0.25, 0.3) is 0 Å². The van der Waals surface area contributed by atoms with Gasteiger partial charge in [-0.1, -0.05) is 13.3 Å². The van der Waals surface area contributed by atoms with E-state index in [4.69, 9.17) is 14.2 Å². The van der Waals surface area contributed by atoms with Gasteiger partial charge in [-0.05, 0) is 49.7 Å². The van der Waals surface area contributed by atoms with Gasteiger partial charge < -0.3 is 19.5 Å². The average Bonchev–Trinajstić information content (AvgIpc) is 2.77. The maximum atomic E-state index is 13.2. The van der Waals surface area contributed by atoms with Gasteiger partial charge in [-0.25, -0.2) is 8.42 Å². The van der Waals surface area contributed by atoms with Crippen LogP contribution in [0.15, 0.2) is 47.4 Å². The number of ether oxygens (including phenoxy) is 3. The molecule has 0 aliphatic carbocycles. The van der Waals surface area contributed by atoms with Crippen LogP contribution in [-0.2, 0) is 14.8 Å². The molecule has 0 unspecified atom stereocenters. The Kier molecular flexibility index (Phi) is 7.75. The molecule has 168 valence electrons. The quantitative estimate of drug-likeness (QED) is 0.599. The summed E-state index contributed by atoms with van der Waals surface area (Å²) in [7, 11) is -3.83. The average molecular weight is 449 g/mol. The Morgan fingerprint density at radius 1 is 1.06 bits per heavy atom. The molecule has 0 atom stereocenters. The standard InChI is InChI=1S/C22H28N2O6S/c1-3-5-12-24(31(26,27)19-9-7-18(8-10-19)28-4-2)16-22(25)23-17-6-11-20-21(15-17)30-14-13-29-20/h6-11,15H,3-5,12-14,16H2,1-2H3,(H,23,25). The van der Waals surface area contributed by atoms with Crippen molar-refractivity contribution in [3.63, 3.8) is 0 Å². The van der Waals surface area contributed by atoms with Crippen LogP contribution in [0.4, 0.5) is 5.69 Å². The monoisotopic (exact) mass is 448 g/mol. The van der Waals surface area contributed by atoms with Crippen LogP contribution >= 0.6 is 0 Å². The predicted molar refractivity (Wildman–Crippen MR) is 117 cm³/mol. The third-order valence-corrected chi connectivity index (χ3v) is 6.54. The first-order valence-electron chi connectivity index (χ1n) is 10.4. The number of benzene rings is 2. The molecule has 3 rings (SSSR count). The molecule has 0 radical (unpaired) electrons. The van der Waals surface area contributed by atoms with Crippen LogP contribution in [0.25, 0.3) is 0 Å². The van der Waals surface area contributed by atoms with Gasteiger partial charge in [0.15, 0.2) is 11.5 Å². The Hall–Kier alpha value is -2.78. The van der Waals surface area contributed by atoms with Gasteiger partial charge >= 0.3 is 0 Å². The van der Waals surface area contributed by atoms with E-state index < -0.39 is 15.9 Å².